The average molecular weight is 260 g/mol. The van der Waals surface area contributed by atoms with Crippen molar-refractivity contribution in [1.82, 2.24) is 9.97 Å². The lowest BCUT2D eigenvalue weighted by molar-refractivity contribution is 0.454. The largest absolute Gasteiger partial charge is 0.438 e. The van der Waals surface area contributed by atoms with Crippen molar-refractivity contribution >= 4 is 11.6 Å². The zero-order valence-corrected chi connectivity index (χ0v) is 10.7. The fraction of sp³-hybridized carbons (Fsp3) is 0.154. The fourth-order valence-electron chi connectivity index (χ4n) is 1.39. The normalized spacial score (nSPS) is 9.89. The summed E-state index contributed by atoms with van der Waals surface area (Å²) in [5.74, 6) is 0.986. The number of hydrogen-bond donors (Lipinski definition) is 0. The third kappa shape index (κ3) is 2.58. The summed E-state index contributed by atoms with van der Waals surface area (Å²) in [6.07, 6.45) is 1.59. The van der Waals surface area contributed by atoms with Crippen LogP contribution in [0.2, 0.25) is 5.28 Å². The second kappa shape index (κ2) is 5.03. The van der Waals surface area contributed by atoms with Crippen LogP contribution in [0.4, 0.5) is 0 Å². The van der Waals surface area contributed by atoms with Crippen molar-refractivity contribution in [2.24, 2.45) is 0 Å². The Morgan fingerprint density at radius 3 is 2.78 bits per heavy atom. The van der Waals surface area contributed by atoms with Crippen LogP contribution in [0.5, 0.6) is 11.6 Å². The SMILES string of the molecule is Cc1ccc(C#N)cc1Oc1nc(Cl)ncc1C. The number of hydrogen-bond acceptors (Lipinski definition) is 4. The summed E-state index contributed by atoms with van der Waals surface area (Å²) < 4.78 is 5.68. The second-order valence-corrected chi connectivity index (χ2v) is 4.16. The van der Waals surface area contributed by atoms with Crippen LogP contribution in [0.15, 0.2) is 24.4 Å². The Labute approximate surface area is 110 Å². The topological polar surface area (TPSA) is 58.8 Å². The minimum Gasteiger partial charge on any atom is -0.438 e. The Balaban J connectivity index is 2.39. The number of halogens is 1. The second-order valence-electron chi connectivity index (χ2n) is 3.82. The van der Waals surface area contributed by atoms with Crippen molar-refractivity contribution in [2.45, 2.75) is 13.8 Å². The molecule has 0 saturated heterocycles. The summed E-state index contributed by atoms with van der Waals surface area (Å²) in [7, 11) is 0. The van der Waals surface area contributed by atoms with Gasteiger partial charge in [-0.15, -0.1) is 0 Å². The van der Waals surface area contributed by atoms with Crippen LogP contribution in [0.25, 0.3) is 0 Å². The van der Waals surface area contributed by atoms with Crippen LogP contribution < -0.4 is 4.74 Å². The fourth-order valence-corrected chi connectivity index (χ4v) is 1.52. The highest BCUT2D eigenvalue weighted by molar-refractivity contribution is 6.28. The van der Waals surface area contributed by atoms with Gasteiger partial charge in [0, 0.05) is 11.8 Å². The lowest BCUT2D eigenvalue weighted by Gasteiger charge is -2.09. The molecule has 0 spiro atoms. The van der Waals surface area contributed by atoms with E-state index in [4.69, 9.17) is 21.6 Å². The predicted molar refractivity (Wildman–Crippen MR) is 67.7 cm³/mol. The van der Waals surface area contributed by atoms with E-state index in [1.54, 1.807) is 18.3 Å². The highest BCUT2D eigenvalue weighted by atomic mass is 35.5. The molecule has 0 saturated carbocycles. The Bertz CT molecular complexity index is 635. The van der Waals surface area contributed by atoms with Crippen molar-refractivity contribution in [2.75, 3.05) is 0 Å². The quantitative estimate of drug-likeness (QED) is 0.776. The molecule has 90 valence electrons. The van der Waals surface area contributed by atoms with E-state index in [1.807, 2.05) is 19.9 Å². The van der Waals surface area contributed by atoms with Gasteiger partial charge in [0.15, 0.2) is 0 Å². The molecule has 1 aromatic carbocycles. The van der Waals surface area contributed by atoms with Gasteiger partial charge in [0.1, 0.15) is 5.75 Å². The van der Waals surface area contributed by atoms with E-state index in [0.717, 1.165) is 11.1 Å². The van der Waals surface area contributed by atoms with Gasteiger partial charge in [-0.2, -0.15) is 10.2 Å². The van der Waals surface area contributed by atoms with Crippen molar-refractivity contribution in [3.05, 3.63) is 46.4 Å². The molecule has 0 aliphatic carbocycles. The molecule has 1 heterocycles. The molecular weight excluding hydrogens is 250 g/mol. The molecular formula is C13H10ClN3O. The third-order valence-electron chi connectivity index (χ3n) is 2.42. The van der Waals surface area contributed by atoms with E-state index >= 15 is 0 Å². The Hall–Kier alpha value is -2.12. The molecule has 0 aliphatic rings. The van der Waals surface area contributed by atoms with Crippen molar-refractivity contribution in [3.8, 4) is 17.7 Å². The highest BCUT2D eigenvalue weighted by Gasteiger charge is 2.08. The van der Waals surface area contributed by atoms with Gasteiger partial charge in [0.25, 0.3) is 0 Å². The van der Waals surface area contributed by atoms with Gasteiger partial charge in [-0.1, -0.05) is 6.07 Å². The molecule has 0 aliphatic heterocycles. The summed E-state index contributed by atoms with van der Waals surface area (Å²) in [6.45, 7) is 3.73. The Morgan fingerprint density at radius 2 is 2.06 bits per heavy atom. The third-order valence-corrected chi connectivity index (χ3v) is 2.60. The lowest BCUT2D eigenvalue weighted by atomic mass is 10.1. The van der Waals surface area contributed by atoms with Crippen LogP contribution in [0.1, 0.15) is 16.7 Å². The van der Waals surface area contributed by atoms with E-state index in [9.17, 15) is 0 Å². The molecule has 1 aromatic heterocycles. The molecule has 0 bridgehead atoms. The van der Waals surface area contributed by atoms with E-state index in [0.29, 0.717) is 17.2 Å². The number of ether oxygens (including phenoxy) is 1. The summed E-state index contributed by atoms with van der Waals surface area (Å²) in [5, 5.41) is 8.99. The van der Waals surface area contributed by atoms with E-state index in [1.165, 1.54) is 0 Å². The zero-order valence-electron chi connectivity index (χ0n) is 9.94. The maximum Gasteiger partial charge on any atom is 0.226 e. The van der Waals surface area contributed by atoms with Crippen molar-refractivity contribution in [1.29, 1.82) is 5.26 Å². The first-order valence-electron chi connectivity index (χ1n) is 5.28. The van der Waals surface area contributed by atoms with E-state index < -0.39 is 0 Å². The Morgan fingerprint density at radius 1 is 1.28 bits per heavy atom. The van der Waals surface area contributed by atoms with Gasteiger partial charge in [-0.25, -0.2) is 4.98 Å². The van der Waals surface area contributed by atoms with Crippen molar-refractivity contribution < 1.29 is 4.74 Å². The minimum absolute atomic E-state index is 0.129. The first kappa shape index (κ1) is 12.3. The van der Waals surface area contributed by atoms with Crippen molar-refractivity contribution in [3.63, 3.8) is 0 Å². The van der Waals surface area contributed by atoms with E-state index in [2.05, 4.69) is 16.0 Å². The number of aryl methyl sites for hydroxylation is 2. The molecule has 0 unspecified atom stereocenters. The first-order chi connectivity index (χ1) is 8.60. The molecule has 0 amide bonds. The van der Waals surface area contributed by atoms with Gasteiger partial charge >= 0.3 is 0 Å². The maximum atomic E-state index is 8.87. The molecule has 0 radical (unpaired) electrons. The highest BCUT2D eigenvalue weighted by Crippen LogP contribution is 2.27. The molecule has 0 atom stereocenters. The lowest BCUT2D eigenvalue weighted by Crippen LogP contribution is -1.95. The van der Waals surface area contributed by atoms with Gasteiger partial charge in [-0.05, 0) is 43.1 Å². The molecule has 2 aromatic rings. The van der Waals surface area contributed by atoms with Gasteiger partial charge < -0.3 is 4.74 Å². The summed E-state index contributed by atoms with van der Waals surface area (Å²) in [6, 6.07) is 7.30. The van der Waals surface area contributed by atoms with Gasteiger partial charge in [0.2, 0.25) is 11.2 Å². The van der Waals surface area contributed by atoms with Crippen LogP contribution in [-0.2, 0) is 0 Å². The number of aromatic nitrogens is 2. The number of rotatable bonds is 2. The van der Waals surface area contributed by atoms with Crippen LogP contribution in [-0.4, -0.2) is 9.97 Å². The van der Waals surface area contributed by atoms with Crippen LogP contribution >= 0.6 is 11.6 Å². The van der Waals surface area contributed by atoms with Crippen LogP contribution in [0, 0.1) is 25.2 Å². The Kier molecular flexibility index (Phi) is 3.45. The smallest absolute Gasteiger partial charge is 0.226 e. The maximum absolute atomic E-state index is 8.87. The van der Waals surface area contributed by atoms with Gasteiger partial charge in [-0.3, -0.25) is 0 Å². The summed E-state index contributed by atoms with van der Waals surface area (Å²) >= 11 is 5.73. The monoisotopic (exact) mass is 259 g/mol. The molecule has 0 N–H and O–H groups in total. The predicted octanol–water partition coefficient (Wildman–Crippen LogP) is 3.41. The van der Waals surface area contributed by atoms with Gasteiger partial charge in [0.05, 0.1) is 11.6 Å². The number of nitriles is 1. The van der Waals surface area contributed by atoms with Crippen LogP contribution in [0.3, 0.4) is 0 Å². The molecule has 4 nitrogen and oxygen atoms in total. The average Bonchev–Trinajstić information content (AvgIpc) is 2.36. The number of nitrogens with zero attached hydrogens (tertiary/aromatic N) is 3. The zero-order chi connectivity index (χ0) is 13.1. The molecule has 18 heavy (non-hydrogen) atoms. The molecule has 2 rings (SSSR count). The standard InChI is InChI=1S/C13H10ClN3O/c1-8-3-4-10(6-15)5-11(8)18-12-9(2)7-16-13(14)17-12/h3-5,7H,1-2H3. The molecule has 5 heteroatoms. The van der Waals surface area contributed by atoms with E-state index in [-0.39, 0.29) is 5.28 Å². The molecule has 0 fully saturated rings. The summed E-state index contributed by atoms with van der Waals surface area (Å²) in [5.41, 5.74) is 2.23. The first-order valence-corrected chi connectivity index (χ1v) is 5.65. The minimum atomic E-state index is 0.129. The summed E-state index contributed by atoms with van der Waals surface area (Å²) in [4.78, 5) is 7.87. The number of benzene rings is 1.